The molecule has 3 heterocycles. The van der Waals surface area contributed by atoms with Crippen LogP contribution in [0.15, 0.2) is 218 Å². The summed E-state index contributed by atoms with van der Waals surface area (Å²) in [6.07, 6.45) is 0. The van der Waals surface area contributed by atoms with Gasteiger partial charge in [-0.05, 0) is 118 Å². The number of anilines is 6. The van der Waals surface area contributed by atoms with Gasteiger partial charge in [0.1, 0.15) is 0 Å². The maximum atomic E-state index is 2.54. The quantitative estimate of drug-likeness (QED) is 0.163. The lowest BCUT2D eigenvalue weighted by atomic mass is 9.33. The predicted molar refractivity (Wildman–Crippen MR) is 246 cm³/mol. The fourth-order valence-electron chi connectivity index (χ4n) is 9.72. The van der Waals surface area contributed by atoms with Gasteiger partial charge in [0, 0.05) is 50.6 Å². The van der Waals surface area contributed by atoms with E-state index in [1.165, 1.54) is 88.9 Å². The number of fused-ring (bicyclic) bond motifs is 7. The van der Waals surface area contributed by atoms with Crippen LogP contribution in [-0.4, -0.2) is 11.3 Å². The summed E-state index contributed by atoms with van der Waals surface area (Å²) in [6, 6.07) is 80.0. The Morgan fingerprint density at radius 2 is 0.690 bits per heavy atom. The van der Waals surface area contributed by atoms with Gasteiger partial charge in [0.05, 0.1) is 11.0 Å². The first-order valence-corrected chi connectivity index (χ1v) is 20.1. The van der Waals surface area contributed by atoms with Crippen molar-refractivity contribution in [3.63, 3.8) is 0 Å². The summed E-state index contributed by atoms with van der Waals surface area (Å²) in [5, 5.41) is 2.48. The lowest BCUT2D eigenvalue weighted by Crippen LogP contribution is -2.62. The van der Waals surface area contributed by atoms with Crippen LogP contribution < -0.4 is 26.2 Å². The summed E-state index contributed by atoms with van der Waals surface area (Å²) in [5.41, 5.74) is 19.4. The number of hydrogen-bond acceptors (Lipinski definition) is 2. The highest BCUT2D eigenvalue weighted by molar-refractivity contribution is 7.01. The van der Waals surface area contributed by atoms with Crippen LogP contribution >= 0.6 is 0 Å². The summed E-state index contributed by atoms with van der Waals surface area (Å²) in [4.78, 5) is 4.94. The molecule has 0 saturated carbocycles. The van der Waals surface area contributed by atoms with Gasteiger partial charge in [0.15, 0.2) is 0 Å². The molecule has 1 aromatic heterocycles. The number of rotatable bonds is 5. The van der Waals surface area contributed by atoms with Gasteiger partial charge in [-0.1, -0.05) is 140 Å². The summed E-state index contributed by atoms with van der Waals surface area (Å²) < 4.78 is 2.54. The largest absolute Gasteiger partial charge is 0.311 e. The lowest BCUT2D eigenvalue weighted by molar-refractivity contribution is 1.18. The molecule has 4 heteroatoms. The van der Waals surface area contributed by atoms with E-state index in [1.807, 2.05) is 0 Å². The summed E-state index contributed by atoms with van der Waals surface area (Å²) in [5.74, 6) is 0. The van der Waals surface area contributed by atoms with Crippen LogP contribution in [0.1, 0.15) is 0 Å². The molecule has 0 aliphatic carbocycles. The molecule has 58 heavy (non-hydrogen) atoms. The molecule has 0 saturated heterocycles. The Kier molecular flexibility index (Phi) is 7.33. The standard InChI is InChI=1S/C54H36BN3/c1-5-17-37(18-6-1)39-31-33-46-43(35-39)44-36-40(38-19-7-2-8-20-38)32-34-47(44)58(46)52-30-16-29-51-54(52)55-45-25-13-14-26-48(45)56(41-21-9-3-10-22-41)49-27-15-28-50(53(49)55)57(51)42-23-11-4-12-24-42/h1-36H. The second kappa shape index (κ2) is 13.0. The van der Waals surface area contributed by atoms with Crippen molar-refractivity contribution in [2.75, 3.05) is 9.80 Å². The first kappa shape index (κ1) is 32.7. The predicted octanol–water partition coefficient (Wildman–Crippen LogP) is 12.2. The Hall–Kier alpha value is -7.56. The molecule has 0 spiro atoms. The summed E-state index contributed by atoms with van der Waals surface area (Å²) in [6.45, 7) is -0.0202. The molecule has 2 aliphatic heterocycles. The van der Waals surface area contributed by atoms with Gasteiger partial charge in [-0.3, -0.25) is 0 Å². The van der Waals surface area contributed by atoms with Crippen LogP contribution in [0.25, 0.3) is 49.7 Å². The minimum Gasteiger partial charge on any atom is -0.311 e. The van der Waals surface area contributed by atoms with Crippen molar-refractivity contribution in [1.29, 1.82) is 0 Å². The number of para-hydroxylation sites is 3. The van der Waals surface area contributed by atoms with E-state index in [0.717, 1.165) is 11.4 Å². The second-order valence-electron chi connectivity index (χ2n) is 15.3. The van der Waals surface area contributed by atoms with Crippen molar-refractivity contribution in [2.24, 2.45) is 0 Å². The van der Waals surface area contributed by atoms with Gasteiger partial charge >= 0.3 is 0 Å². The average Bonchev–Trinajstić information content (AvgIpc) is 3.62. The average molecular weight is 738 g/mol. The molecule has 0 atom stereocenters. The third-order valence-electron chi connectivity index (χ3n) is 12.2. The van der Waals surface area contributed by atoms with Gasteiger partial charge in [-0.2, -0.15) is 0 Å². The van der Waals surface area contributed by atoms with E-state index in [4.69, 9.17) is 0 Å². The maximum Gasteiger partial charge on any atom is 0.254 e. The van der Waals surface area contributed by atoms with E-state index in [0.29, 0.717) is 0 Å². The molecule has 0 amide bonds. The Morgan fingerprint density at radius 3 is 1.21 bits per heavy atom. The van der Waals surface area contributed by atoms with E-state index < -0.39 is 0 Å². The summed E-state index contributed by atoms with van der Waals surface area (Å²) in [7, 11) is 0. The number of nitrogens with zero attached hydrogens (tertiary/aromatic N) is 3. The molecule has 0 bridgehead atoms. The monoisotopic (exact) mass is 737 g/mol. The van der Waals surface area contributed by atoms with Crippen molar-refractivity contribution < 1.29 is 0 Å². The van der Waals surface area contributed by atoms with E-state index in [1.54, 1.807) is 0 Å². The van der Waals surface area contributed by atoms with Crippen LogP contribution in [0.3, 0.4) is 0 Å². The first-order chi connectivity index (χ1) is 28.8. The molecule has 2 aliphatic rings. The van der Waals surface area contributed by atoms with Gasteiger partial charge in [0.25, 0.3) is 6.71 Å². The second-order valence-corrected chi connectivity index (χ2v) is 15.3. The molecule has 10 aromatic rings. The molecule has 0 N–H and O–H groups in total. The Morgan fingerprint density at radius 1 is 0.293 bits per heavy atom. The van der Waals surface area contributed by atoms with Crippen LogP contribution in [0.2, 0.25) is 0 Å². The fraction of sp³-hybridized carbons (Fsp3) is 0. The number of aromatic nitrogens is 1. The zero-order valence-electron chi connectivity index (χ0n) is 31.7. The molecular formula is C54H36BN3. The smallest absolute Gasteiger partial charge is 0.254 e. The van der Waals surface area contributed by atoms with Crippen molar-refractivity contribution >= 4 is 79.0 Å². The fourth-order valence-corrected chi connectivity index (χ4v) is 9.72. The van der Waals surface area contributed by atoms with Crippen molar-refractivity contribution in [2.45, 2.75) is 0 Å². The van der Waals surface area contributed by atoms with E-state index in [2.05, 4.69) is 233 Å². The topological polar surface area (TPSA) is 11.4 Å². The molecule has 9 aromatic carbocycles. The Balaban J connectivity index is 1.18. The first-order valence-electron chi connectivity index (χ1n) is 20.1. The zero-order chi connectivity index (χ0) is 38.2. The van der Waals surface area contributed by atoms with Crippen LogP contribution in [-0.2, 0) is 0 Å². The molecule has 0 radical (unpaired) electrons. The van der Waals surface area contributed by atoms with E-state index >= 15 is 0 Å². The SMILES string of the molecule is c1ccc(-c2ccc3c(c2)c2cc(-c4ccccc4)ccc2n3-c2cccc3c2B2c4ccccc4N(c4ccccc4)c4cccc(c42)N3c2ccccc2)cc1. The highest BCUT2D eigenvalue weighted by Gasteiger charge is 2.44. The minimum atomic E-state index is -0.0202. The van der Waals surface area contributed by atoms with Crippen molar-refractivity contribution in [1.82, 2.24) is 4.57 Å². The van der Waals surface area contributed by atoms with Crippen LogP contribution in [0.4, 0.5) is 34.1 Å². The minimum absolute atomic E-state index is 0.0202. The molecule has 0 unspecified atom stereocenters. The molecule has 0 fully saturated rings. The molecule has 270 valence electrons. The van der Waals surface area contributed by atoms with Crippen molar-refractivity contribution in [3.8, 4) is 27.9 Å². The summed E-state index contributed by atoms with van der Waals surface area (Å²) >= 11 is 0. The third-order valence-corrected chi connectivity index (χ3v) is 12.2. The van der Waals surface area contributed by atoms with Crippen molar-refractivity contribution in [3.05, 3.63) is 218 Å². The van der Waals surface area contributed by atoms with E-state index in [-0.39, 0.29) is 6.71 Å². The van der Waals surface area contributed by atoms with E-state index in [9.17, 15) is 0 Å². The number of hydrogen-bond donors (Lipinski definition) is 0. The van der Waals surface area contributed by atoms with Gasteiger partial charge in [-0.25, -0.2) is 0 Å². The molecular weight excluding hydrogens is 701 g/mol. The van der Waals surface area contributed by atoms with Gasteiger partial charge < -0.3 is 14.4 Å². The maximum absolute atomic E-state index is 2.54. The highest BCUT2D eigenvalue weighted by Crippen LogP contribution is 2.45. The van der Waals surface area contributed by atoms with Crippen LogP contribution in [0, 0.1) is 0 Å². The Bertz CT molecular complexity index is 3070. The molecule has 12 rings (SSSR count). The Labute approximate surface area is 338 Å². The number of benzene rings is 9. The zero-order valence-corrected chi connectivity index (χ0v) is 31.7. The normalized spacial score (nSPS) is 12.7. The van der Waals surface area contributed by atoms with Gasteiger partial charge in [0.2, 0.25) is 0 Å². The van der Waals surface area contributed by atoms with Crippen LogP contribution in [0.5, 0.6) is 0 Å². The highest BCUT2D eigenvalue weighted by atomic mass is 15.2. The molecule has 3 nitrogen and oxygen atoms in total. The third kappa shape index (κ3) is 4.88. The lowest BCUT2D eigenvalue weighted by Gasteiger charge is -2.44. The van der Waals surface area contributed by atoms with Gasteiger partial charge in [-0.15, -0.1) is 0 Å².